The number of hydrogen-bond acceptors (Lipinski definition) is 2. The molecule has 0 aliphatic rings. The molecule has 0 amide bonds. The van der Waals surface area contributed by atoms with Gasteiger partial charge in [-0.3, -0.25) is 23.5 Å². The van der Waals surface area contributed by atoms with Gasteiger partial charge in [-0.1, -0.05) is 36.4 Å². The Bertz CT molecular complexity index is 107. The molecule has 0 spiro atoms. The van der Waals surface area contributed by atoms with Gasteiger partial charge >= 0.3 is 7.69 Å². The molecule has 2 nitrogen and oxygen atoms in total. The second-order valence-electron chi connectivity index (χ2n) is 1.30. The van der Waals surface area contributed by atoms with Crippen LogP contribution in [0.15, 0.2) is 36.4 Å². The van der Waals surface area contributed by atoms with Crippen molar-refractivity contribution in [3.63, 3.8) is 0 Å². The summed E-state index contributed by atoms with van der Waals surface area (Å²) in [6.45, 7) is 0. The van der Waals surface area contributed by atoms with E-state index in [0.717, 1.165) is 0 Å². The Morgan fingerprint density at radius 3 is 0.643 bits per heavy atom. The van der Waals surface area contributed by atoms with Crippen molar-refractivity contribution in [2.75, 3.05) is 0 Å². The van der Waals surface area contributed by atoms with Gasteiger partial charge in [-0.2, -0.15) is 0 Å². The molecule has 0 atom stereocenters. The van der Waals surface area contributed by atoms with Crippen LogP contribution < -0.4 is 0 Å². The summed E-state index contributed by atoms with van der Waals surface area (Å²) in [6, 6.07) is 12.0. The molecular weight excluding hydrogens is 210 g/mol. The zero-order valence-electron chi connectivity index (χ0n) is 7.11. The van der Waals surface area contributed by atoms with E-state index >= 15 is 0 Å². The van der Waals surface area contributed by atoms with Gasteiger partial charge in [-0.25, -0.2) is 0 Å². The quantitative estimate of drug-likeness (QED) is 0.502. The fourth-order valence-corrected chi connectivity index (χ4v) is 0.385. The Morgan fingerprint density at radius 2 is 0.571 bits per heavy atom. The average molecular weight is 224 g/mol. The summed E-state index contributed by atoms with van der Waals surface area (Å²) in [4.78, 5) is 0. The van der Waals surface area contributed by atoms with E-state index in [1.807, 2.05) is 36.4 Å². The minimum absolute atomic E-state index is 0. The topological polar surface area (TPSA) is 40.5 Å². The van der Waals surface area contributed by atoms with Crippen molar-refractivity contribution >= 4 is 7.69 Å². The highest BCUT2D eigenvalue weighted by molar-refractivity contribution is 6.13. The smallest absolute Gasteiger partial charge is 0.430 e. The van der Waals surface area contributed by atoms with E-state index in [2.05, 4.69) is 0 Å². The summed E-state index contributed by atoms with van der Waals surface area (Å²) in [6.07, 6.45) is 0. The van der Waals surface area contributed by atoms with Gasteiger partial charge in [0.15, 0.2) is 0 Å². The lowest BCUT2D eigenvalue weighted by Gasteiger charge is -1.69. The van der Waals surface area contributed by atoms with E-state index in [9.17, 15) is 0 Å². The first-order chi connectivity index (χ1) is 4.41. The van der Waals surface area contributed by atoms with E-state index in [0.29, 0.717) is 0 Å². The van der Waals surface area contributed by atoms with Gasteiger partial charge < -0.3 is 10.0 Å². The first kappa shape index (κ1) is 38.4. The molecule has 1 aromatic carbocycles. The minimum Gasteiger partial charge on any atom is -0.430 e. The van der Waals surface area contributed by atoms with Crippen LogP contribution in [-0.4, -0.2) is 17.7 Å². The van der Waals surface area contributed by atoms with Gasteiger partial charge in [0.05, 0.1) is 0 Å². The van der Waals surface area contributed by atoms with E-state index in [-0.39, 0.29) is 23.5 Å². The van der Waals surface area contributed by atoms with Crippen LogP contribution in [0.4, 0.5) is 23.5 Å². The van der Waals surface area contributed by atoms with E-state index < -0.39 is 7.69 Å². The van der Waals surface area contributed by atoms with Crippen molar-refractivity contribution in [2.24, 2.45) is 0 Å². The van der Waals surface area contributed by atoms with Crippen LogP contribution in [0.5, 0.6) is 0 Å². The Morgan fingerprint density at radius 1 is 0.500 bits per heavy atom. The van der Waals surface area contributed by atoms with Gasteiger partial charge in [-0.15, -0.1) is 0 Å². The van der Waals surface area contributed by atoms with Crippen molar-refractivity contribution < 1.29 is 33.6 Å². The third-order valence-corrected chi connectivity index (χ3v) is 0.667. The third kappa shape index (κ3) is 44.7. The highest BCUT2D eigenvalue weighted by Crippen LogP contribution is 1.79. The standard InChI is InChI=1S/C6H6.BH3O2.5FH/c1-2-4-6-5-3-1;2-1-3;;;;;/h1-6H;1-3H;5*1H. The molecule has 0 aromatic heterocycles. The predicted octanol–water partition coefficient (Wildman–Crippen LogP) is 0.687. The molecule has 0 heterocycles. The van der Waals surface area contributed by atoms with E-state index in [1.54, 1.807) is 0 Å². The maximum atomic E-state index is 7.12. The molecule has 0 fully saturated rings. The summed E-state index contributed by atoms with van der Waals surface area (Å²) in [7, 11) is -0.750. The van der Waals surface area contributed by atoms with Crippen molar-refractivity contribution in [1.82, 2.24) is 0 Å². The summed E-state index contributed by atoms with van der Waals surface area (Å²) in [5.74, 6) is 0. The van der Waals surface area contributed by atoms with E-state index in [4.69, 9.17) is 10.0 Å². The molecule has 0 saturated heterocycles. The fourth-order valence-electron chi connectivity index (χ4n) is 0.385. The number of benzene rings is 1. The van der Waals surface area contributed by atoms with Crippen LogP contribution in [-0.2, 0) is 0 Å². The molecule has 1 rings (SSSR count). The van der Waals surface area contributed by atoms with Gasteiger partial charge in [0.1, 0.15) is 0 Å². The van der Waals surface area contributed by atoms with E-state index in [1.165, 1.54) is 0 Å². The van der Waals surface area contributed by atoms with Gasteiger partial charge in [0.25, 0.3) is 0 Å². The van der Waals surface area contributed by atoms with Crippen LogP contribution >= 0.6 is 0 Å². The predicted molar refractivity (Wildman–Crippen MR) is 50.5 cm³/mol. The van der Waals surface area contributed by atoms with Gasteiger partial charge in [-0.05, 0) is 0 Å². The average Bonchev–Trinajstić information content (AvgIpc) is 1.93. The minimum atomic E-state index is -0.750. The van der Waals surface area contributed by atoms with Crippen molar-refractivity contribution in [3.8, 4) is 0 Å². The third-order valence-electron chi connectivity index (χ3n) is 0.667. The molecule has 2 N–H and O–H groups in total. The lowest BCUT2D eigenvalue weighted by atomic mass is 10.4. The molecule has 8 heteroatoms. The molecule has 0 bridgehead atoms. The normalized spacial score (nSPS) is 4.43. The van der Waals surface area contributed by atoms with Crippen LogP contribution in [0.25, 0.3) is 0 Å². The molecular formula is C6H14BF5O2. The molecule has 0 radical (unpaired) electrons. The Kier molecular flexibility index (Phi) is 112. The second kappa shape index (κ2) is 40.7. The maximum Gasteiger partial charge on any atom is 0.432 e. The highest BCUT2D eigenvalue weighted by atomic mass is 19.0. The molecule has 0 aliphatic heterocycles. The molecule has 88 valence electrons. The maximum absolute atomic E-state index is 7.12. The van der Waals surface area contributed by atoms with Gasteiger partial charge in [0.2, 0.25) is 0 Å². The lowest BCUT2D eigenvalue weighted by Crippen LogP contribution is -1.75. The highest BCUT2D eigenvalue weighted by Gasteiger charge is 1.57. The summed E-state index contributed by atoms with van der Waals surface area (Å²) >= 11 is 0. The number of hydrogen-bond donors (Lipinski definition) is 2. The van der Waals surface area contributed by atoms with Crippen molar-refractivity contribution in [2.45, 2.75) is 0 Å². The lowest BCUT2D eigenvalue weighted by molar-refractivity contribution is 0.448. The van der Waals surface area contributed by atoms with Crippen LogP contribution in [0.2, 0.25) is 0 Å². The summed E-state index contributed by atoms with van der Waals surface area (Å²) in [5, 5.41) is 14.2. The largest absolute Gasteiger partial charge is 0.432 e. The van der Waals surface area contributed by atoms with Crippen LogP contribution in [0.3, 0.4) is 0 Å². The fraction of sp³-hybridized carbons (Fsp3) is 0. The molecule has 0 aliphatic carbocycles. The van der Waals surface area contributed by atoms with Crippen molar-refractivity contribution in [1.29, 1.82) is 0 Å². The number of halogens is 5. The SMILES string of the molecule is F.F.F.F.F.OBO.c1ccccc1. The monoisotopic (exact) mass is 224 g/mol. The summed E-state index contributed by atoms with van der Waals surface area (Å²) < 4.78 is 0. The summed E-state index contributed by atoms with van der Waals surface area (Å²) in [5.41, 5.74) is 0. The molecule has 0 unspecified atom stereocenters. The Hall–Kier alpha value is -1.15. The molecule has 14 heavy (non-hydrogen) atoms. The Balaban J connectivity index is -0.0000000186. The first-order valence-corrected chi connectivity index (χ1v) is 2.63. The van der Waals surface area contributed by atoms with Gasteiger partial charge in [0, 0.05) is 0 Å². The zero-order valence-corrected chi connectivity index (χ0v) is 7.11. The molecule has 0 saturated carbocycles. The first-order valence-electron chi connectivity index (χ1n) is 2.63. The zero-order chi connectivity index (χ0) is 6.95. The molecule has 1 aromatic rings. The number of rotatable bonds is 0. The van der Waals surface area contributed by atoms with Crippen LogP contribution in [0.1, 0.15) is 0 Å². The van der Waals surface area contributed by atoms with Crippen molar-refractivity contribution in [3.05, 3.63) is 36.4 Å². The second-order valence-corrected chi connectivity index (χ2v) is 1.30. The van der Waals surface area contributed by atoms with Crippen LogP contribution in [0, 0.1) is 0 Å². The Labute approximate surface area is 78.7 Å².